The average molecular weight is 329 g/mol. The van der Waals surface area contributed by atoms with Crippen molar-refractivity contribution in [2.24, 2.45) is 11.8 Å². The molecule has 0 amide bonds. The maximum Gasteiger partial charge on any atom is 0.127 e. The van der Waals surface area contributed by atoms with Crippen LogP contribution in [-0.2, 0) is 16.0 Å². The van der Waals surface area contributed by atoms with Gasteiger partial charge in [0.1, 0.15) is 6.29 Å². The van der Waals surface area contributed by atoms with Gasteiger partial charge < -0.3 is 9.53 Å². The zero-order valence-electron chi connectivity index (χ0n) is 15.5. The first-order chi connectivity index (χ1) is 11.6. The van der Waals surface area contributed by atoms with Crippen LogP contribution in [0, 0.1) is 23.2 Å². The van der Waals surface area contributed by atoms with E-state index in [0.717, 1.165) is 37.2 Å². The maximum absolute atomic E-state index is 11.5. The Labute approximate surface area is 147 Å². The lowest BCUT2D eigenvalue weighted by Crippen LogP contribution is -2.14. The van der Waals surface area contributed by atoms with Crippen LogP contribution in [0.5, 0.6) is 0 Å². The van der Waals surface area contributed by atoms with E-state index in [4.69, 9.17) is 5.26 Å². The molecule has 132 valence electrons. The summed E-state index contributed by atoms with van der Waals surface area (Å²) in [5.74, 6) is 1.13. The number of hydrogen-bond acceptors (Lipinski definition) is 3. The molecule has 0 heterocycles. The van der Waals surface area contributed by atoms with Crippen LogP contribution in [0.15, 0.2) is 18.2 Å². The second kappa shape index (κ2) is 11.0. The fourth-order valence-corrected chi connectivity index (χ4v) is 3.56. The minimum absolute atomic E-state index is 0.00999. The van der Waals surface area contributed by atoms with Gasteiger partial charge in [0.2, 0.25) is 0 Å². The number of nitriles is 1. The lowest BCUT2D eigenvalue weighted by atomic mass is 9.83. The van der Waals surface area contributed by atoms with Crippen molar-refractivity contribution in [3.63, 3.8) is 0 Å². The molecule has 0 saturated carbocycles. The van der Waals surface area contributed by atoms with Gasteiger partial charge in [0.15, 0.2) is 0 Å². The monoisotopic (exact) mass is 329 g/mol. The van der Waals surface area contributed by atoms with Crippen LogP contribution in [0.4, 0.5) is 0 Å². The Morgan fingerprint density at radius 3 is 2.58 bits per heavy atom. The van der Waals surface area contributed by atoms with Crippen LogP contribution >= 0.6 is 0 Å². The van der Waals surface area contributed by atoms with Gasteiger partial charge in [-0.1, -0.05) is 39.2 Å². The van der Waals surface area contributed by atoms with E-state index >= 15 is 0 Å². The van der Waals surface area contributed by atoms with E-state index in [1.807, 2.05) is 25.1 Å². The zero-order chi connectivity index (χ0) is 17.9. The number of hydrogen-bond donors (Lipinski definition) is 0. The highest BCUT2D eigenvalue weighted by molar-refractivity contribution is 5.67. The third kappa shape index (κ3) is 5.46. The predicted molar refractivity (Wildman–Crippen MR) is 98.0 cm³/mol. The van der Waals surface area contributed by atoms with Crippen molar-refractivity contribution in [3.05, 3.63) is 34.9 Å². The molecule has 0 saturated heterocycles. The molecule has 0 bridgehead atoms. The van der Waals surface area contributed by atoms with Crippen molar-refractivity contribution in [2.75, 3.05) is 13.7 Å². The number of benzene rings is 1. The van der Waals surface area contributed by atoms with Crippen LogP contribution in [0.25, 0.3) is 0 Å². The predicted octanol–water partition coefficient (Wildman–Crippen LogP) is 4.88. The molecule has 3 nitrogen and oxygen atoms in total. The summed E-state index contributed by atoms with van der Waals surface area (Å²) in [6.07, 6.45) is 6.86. The van der Waals surface area contributed by atoms with E-state index < -0.39 is 0 Å². The fraction of sp³-hybridized carbons (Fsp3) is 0.619. The number of rotatable bonds is 7. The lowest BCUT2D eigenvalue weighted by Gasteiger charge is -2.21. The smallest absolute Gasteiger partial charge is 0.127 e. The molecule has 0 radical (unpaired) electrons. The molecule has 1 aromatic carbocycles. The van der Waals surface area contributed by atoms with E-state index in [2.05, 4.69) is 24.7 Å². The molecule has 0 N–H and O–H groups in total. The summed E-state index contributed by atoms with van der Waals surface area (Å²) in [7, 11) is 1.68. The Bertz CT molecular complexity index is 545. The van der Waals surface area contributed by atoms with Crippen molar-refractivity contribution < 1.29 is 9.53 Å². The zero-order valence-corrected chi connectivity index (χ0v) is 15.5. The standard InChI is InChI=1S/C18H23NO.C3H8O/c1-3-5-13(4-2)8-16-10-15-7-6-14(11-19)9-17(15)18(16)12-20;1-3-4-2/h6-7,9,12-13,16,18H,3-5,8,10H2,1-2H3;3H2,1-2H3/t13-,16+,18?;/m1./s1. The molecule has 3 atom stereocenters. The first-order valence-corrected chi connectivity index (χ1v) is 9.12. The third-order valence-corrected chi connectivity index (χ3v) is 4.97. The second-order valence-corrected chi connectivity index (χ2v) is 6.53. The second-order valence-electron chi connectivity index (χ2n) is 6.53. The summed E-state index contributed by atoms with van der Waals surface area (Å²) in [4.78, 5) is 11.5. The van der Waals surface area contributed by atoms with Gasteiger partial charge in [-0.05, 0) is 54.9 Å². The van der Waals surface area contributed by atoms with Crippen LogP contribution in [0.2, 0.25) is 0 Å². The van der Waals surface area contributed by atoms with Crippen LogP contribution < -0.4 is 0 Å². The largest absolute Gasteiger partial charge is 0.385 e. The van der Waals surface area contributed by atoms with Crippen molar-refractivity contribution in [1.29, 1.82) is 5.26 Å². The topological polar surface area (TPSA) is 50.1 Å². The lowest BCUT2D eigenvalue weighted by molar-refractivity contribution is -0.110. The molecule has 1 aromatic rings. The number of carbonyl (C=O) groups excluding carboxylic acids is 1. The maximum atomic E-state index is 11.5. The van der Waals surface area contributed by atoms with Crippen LogP contribution in [0.3, 0.4) is 0 Å². The van der Waals surface area contributed by atoms with E-state index in [-0.39, 0.29) is 5.92 Å². The molecular weight excluding hydrogens is 298 g/mol. The summed E-state index contributed by atoms with van der Waals surface area (Å²) in [5, 5.41) is 9.01. The van der Waals surface area contributed by atoms with E-state index in [0.29, 0.717) is 11.5 Å². The Hall–Kier alpha value is -1.66. The first kappa shape index (κ1) is 20.4. The van der Waals surface area contributed by atoms with Gasteiger partial charge >= 0.3 is 0 Å². The fourth-order valence-electron chi connectivity index (χ4n) is 3.56. The van der Waals surface area contributed by atoms with Crippen LogP contribution in [-0.4, -0.2) is 20.0 Å². The Kier molecular flexibility index (Phi) is 9.34. The minimum atomic E-state index is -0.00999. The highest BCUT2D eigenvalue weighted by Crippen LogP contribution is 2.41. The third-order valence-electron chi connectivity index (χ3n) is 4.97. The van der Waals surface area contributed by atoms with Crippen molar-refractivity contribution in [1.82, 2.24) is 0 Å². The van der Waals surface area contributed by atoms with Gasteiger partial charge in [0, 0.05) is 19.6 Å². The van der Waals surface area contributed by atoms with Crippen LogP contribution in [0.1, 0.15) is 69.1 Å². The molecule has 3 heteroatoms. The Morgan fingerprint density at radius 1 is 1.38 bits per heavy atom. The van der Waals surface area contributed by atoms with Crippen molar-refractivity contribution in [3.8, 4) is 6.07 Å². The number of carbonyl (C=O) groups is 1. The SMILES string of the molecule is CCC[C@@H](CC)C[C@H]1Cc2ccc(C#N)cc2C1C=O.CCOC. The molecule has 0 spiro atoms. The Morgan fingerprint density at radius 2 is 2.08 bits per heavy atom. The van der Waals surface area contributed by atoms with Gasteiger partial charge in [-0.15, -0.1) is 0 Å². The molecule has 0 fully saturated rings. The molecule has 2 rings (SSSR count). The highest BCUT2D eigenvalue weighted by Gasteiger charge is 2.33. The van der Waals surface area contributed by atoms with E-state index in [1.165, 1.54) is 24.8 Å². The number of fused-ring (bicyclic) bond motifs is 1. The molecule has 0 aliphatic heterocycles. The van der Waals surface area contributed by atoms with E-state index in [9.17, 15) is 4.79 Å². The molecule has 1 aliphatic rings. The number of methoxy groups -OCH3 is 1. The van der Waals surface area contributed by atoms with Gasteiger partial charge in [0.25, 0.3) is 0 Å². The van der Waals surface area contributed by atoms with Gasteiger partial charge in [-0.3, -0.25) is 0 Å². The number of nitrogens with zero attached hydrogens (tertiary/aromatic N) is 1. The molecule has 24 heavy (non-hydrogen) atoms. The normalized spacial score (nSPS) is 19.6. The summed E-state index contributed by atoms with van der Waals surface area (Å²) >= 11 is 0. The minimum Gasteiger partial charge on any atom is -0.385 e. The van der Waals surface area contributed by atoms with Crippen molar-refractivity contribution in [2.45, 2.75) is 58.8 Å². The summed E-state index contributed by atoms with van der Waals surface area (Å²) < 4.78 is 4.54. The molecule has 1 unspecified atom stereocenters. The molecular formula is C21H31NO2. The summed E-state index contributed by atoms with van der Waals surface area (Å²) in [6.45, 7) is 7.24. The van der Waals surface area contributed by atoms with Gasteiger partial charge in [0.05, 0.1) is 11.6 Å². The van der Waals surface area contributed by atoms with E-state index in [1.54, 1.807) is 7.11 Å². The Balaban J connectivity index is 0.000000648. The van der Waals surface area contributed by atoms with Gasteiger partial charge in [-0.2, -0.15) is 5.26 Å². The molecule has 1 aliphatic carbocycles. The average Bonchev–Trinajstić information content (AvgIpc) is 2.97. The molecule has 0 aromatic heterocycles. The van der Waals surface area contributed by atoms with Gasteiger partial charge in [-0.25, -0.2) is 0 Å². The summed E-state index contributed by atoms with van der Waals surface area (Å²) in [6, 6.07) is 7.98. The number of ether oxygens (including phenoxy) is 1. The quantitative estimate of drug-likeness (QED) is 0.670. The summed E-state index contributed by atoms with van der Waals surface area (Å²) in [5.41, 5.74) is 3.02. The highest BCUT2D eigenvalue weighted by atomic mass is 16.5. The number of aldehydes is 1. The first-order valence-electron chi connectivity index (χ1n) is 9.12. The van der Waals surface area contributed by atoms with Crippen molar-refractivity contribution >= 4 is 6.29 Å².